The number of aromatic carboxylic acids is 1. The highest BCUT2D eigenvalue weighted by atomic mass is 16.5. The summed E-state index contributed by atoms with van der Waals surface area (Å²) in [7, 11) is 0. The Labute approximate surface area is 189 Å². The van der Waals surface area contributed by atoms with E-state index in [-0.39, 0.29) is 29.5 Å². The number of hydrogen-bond donors (Lipinski definition) is 2. The maximum Gasteiger partial charge on any atom is 0.335 e. The molecular formula is C24H22N4O5. The number of benzene rings is 2. The first-order chi connectivity index (χ1) is 15.8. The standard InChI is InChI=1S/C24H22N4O5/c1-3-33-24(32)14(2)27-13-16(18-6-4-5-7-20(18)27)12-19-21(25)26-28(22(19)29)17-10-8-15(9-11-17)23(30)31/h4-14H,3H2,1-2H3,(H2,25,26)(H,30,31)/b19-12-. The molecule has 0 bridgehead atoms. The third-order valence-electron chi connectivity index (χ3n) is 5.38. The van der Waals surface area contributed by atoms with Crippen LogP contribution in [0.4, 0.5) is 5.69 Å². The summed E-state index contributed by atoms with van der Waals surface area (Å²) in [4.78, 5) is 36.5. The minimum Gasteiger partial charge on any atom is -0.478 e. The van der Waals surface area contributed by atoms with Gasteiger partial charge in [-0.25, -0.2) is 9.59 Å². The van der Waals surface area contributed by atoms with E-state index < -0.39 is 17.9 Å². The van der Waals surface area contributed by atoms with Crippen LogP contribution < -0.4 is 10.7 Å². The van der Waals surface area contributed by atoms with Crippen molar-refractivity contribution in [2.24, 2.45) is 10.8 Å². The van der Waals surface area contributed by atoms with Crippen LogP contribution >= 0.6 is 0 Å². The Kier molecular flexibility index (Phi) is 5.70. The zero-order valence-electron chi connectivity index (χ0n) is 18.1. The summed E-state index contributed by atoms with van der Waals surface area (Å²) in [6.07, 6.45) is 3.42. The van der Waals surface area contributed by atoms with Crippen LogP contribution in [0.2, 0.25) is 0 Å². The first kappa shape index (κ1) is 21.8. The smallest absolute Gasteiger partial charge is 0.335 e. The highest BCUT2D eigenvalue weighted by Gasteiger charge is 2.30. The summed E-state index contributed by atoms with van der Waals surface area (Å²) < 4.78 is 6.96. The van der Waals surface area contributed by atoms with Gasteiger partial charge in [-0.3, -0.25) is 4.79 Å². The number of nitrogens with zero attached hydrogens (tertiary/aromatic N) is 3. The number of fused-ring (bicyclic) bond motifs is 1. The van der Waals surface area contributed by atoms with Crippen LogP contribution in [0, 0.1) is 0 Å². The lowest BCUT2D eigenvalue weighted by Crippen LogP contribution is -2.22. The van der Waals surface area contributed by atoms with Crippen molar-refractivity contribution in [3.63, 3.8) is 0 Å². The number of rotatable bonds is 6. The lowest BCUT2D eigenvalue weighted by molar-refractivity contribution is -0.146. The Hall–Kier alpha value is -4.40. The molecule has 1 amide bonds. The van der Waals surface area contributed by atoms with Crippen molar-refractivity contribution in [3.05, 3.63) is 71.4 Å². The average molecular weight is 446 g/mol. The number of anilines is 1. The molecule has 1 aromatic heterocycles. The molecule has 168 valence electrons. The molecule has 2 heterocycles. The second kappa shape index (κ2) is 8.62. The molecule has 0 aliphatic carbocycles. The van der Waals surface area contributed by atoms with Crippen LogP contribution in [-0.2, 0) is 14.3 Å². The van der Waals surface area contributed by atoms with Crippen molar-refractivity contribution in [2.75, 3.05) is 11.6 Å². The molecule has 0 radical (unpaired) electrons. The summed E-state index contributed by atoms with van der Waals surface area (Å²) in [5.74, 6) is -1.82. The normalized spacial score (nSPS) is 15.7. The van der Waals surface area contributed by atoms with Gasteiger partial charge in [0, 0.05) is 22.7 Å². The number of amides is 1. The van der Waals surface area contributed by atoms with E-state index >= 15 is 0 Å². The van der Waals surface area contributed by atoms with Gasteiger partial charge in [0.25, 0.3) is 5.91 Å². The Bertz CT molecular complexity index is 1320. The number of para-hydroxylation sites is 1. The predicted molar refractivity (Wildman–Crippen MR) is 124 cm³/mol. The maximum absolute atomic E-state index is 13.1. The number of carbonyl (C=O) groups is 3. The molecule has 0 fully saturated rings. The molecule has 3 N–H and O–H groups in total. The zero-order chi connectivity index (χ0) is 23.7. The Morgan fingerprint density at radius 3 is 2.55 bits per heavy atom. The van der Waals surface area contributed by atoms with E-state index in [0.717, 1.165) is 15.9 Å². The second-order valence-corrected chi connectivity index (χ2v) is 7.45. The fraction of sp³-hybridized carbons (Fsp3) is 0.167. The molecular weight excluding hydrogens is 424 g/mol. The number of carboxylic acid groups (broad SMARTS) is 1. The fourth-order valence-electron chi connectivity index (χ4n) is 3.69. The van der Waals surface area contributed by atoms with Crippen molar-refractivity contribution >= 4 is 46.3 Å². The number of amidine groups is 1. The molecule has 2 aromatic carbocycles. The minimum absolute atomic E-state index is 0.0394. The third-order valence-corrected chi connectivity index (χ3v) is 5.38. The highest BCUT2D eigenvalue weighted by Crippen LogP contribution is 2.29. The quantitative estimate of drug-likeness (QED) is 0.442. The number of hydrazone groups is 1. The van der Waals surface area contributed by atoms with E-state index in [1.54, 1.807) is 30.7 Å². The van der Waals surface area contributed by atoms with Gasteiger partial charge < -0.3 is 20.1 Å². The van der Waals surface area contributed by atoms with E-state index in [9.17, 15) is 14.4 Å². The van der Waals surface area contributed by atoms with Gasteiger partial charge in [0.15, 0.2) is 5.84 Å². The Balaban J connectivity index is 1.71. The van der Waals surface area contributed by atoms with Gasteiger partial charge in [0.1, 0.15) is 6.04 Å². The van der Waals surface area contributed by atoms with Crippen LogP contribution in [0.25, 0.3) is 17.0 Å². The molecule has 33 heavy (non-hydrogen) atoms. The Morgan fingerprint density at radius 1 is 1.18 bits per heavy atom. The van der Waals surface area contributed by atoms with Gasteiger partial charge in [-0.1, -0.05) is 18.2 Å². The number of nitrogens with two attached hydrogens (primary N) is 1. The molecule has 1 aliphatic heterocycles. The number of ether oxygens (including phenoxy) is 1. The first-order valence-electron chi connectivity index (χ1n) is 10.3. The topological polar surface area (TPSA) is 127 Å². The molecule has 1 unspecified atom stereocenters. The van der Waals surface area contributed by atoms with Crippen molar-refractivity contribution in [1.82, 2.24) is 4.57 Å². The average Bonchev–Trinajstić information content (AvgIpc) is 3.31. The van der Waals surface area contributed by atoms with Gasteiger partial charge in [0.2, 0.25) is 0 Å². The van der Waals surface area contributed by atoms with Crippen LogP contribution in [0.5, 0.6) is 0 Å². The van der Waals surface area contributed by atoms with Crippen LogP contribution in [-0.4, -0.2) is 40.0 Å². The minimum atomic E-state index is -1.06. The molecule has 4 rings (SSSR count). The van der Waals surface area contributed by atoms with Gasteiger partial charge in [-0.2, -0.15) is 5.01 Å². The molecule has 0 spiro atoms. The van der Waals surface area contributed by atoms with E-state index in [1.807, 2.05) is 24.3 Å². The SMILES string of the molecule is CCOC(=O)C(C)n1cc(/C=C2\C(=O)N(c3ccc(C(=O)O)cc3)N=C2N)c2ccccc21. The summed E-state index contributed by atoms with van der Waals surface area (Å²) in [6.45, 7) is 3.79. The fourth-order valence-corrected chi connectivity index (χ4v) is 3.69. The monoisotopic (exact) mass is 446 g/mol. The van der Waals surface area contributed by atoms with Crippen molar-refractivity contribution in [3.8, 4) is 0 Å². The van der Waals surface area contributed by atoms with Gasteiger partial charge in [0.05, 0.1) is 23.4 Å². The number of carbonyl (C=O) groups excluding carboxylic acids is 2. The first-order valence-corrected chi connectivity index (χ1v) is 10.3. The lowest BCUT2D eigenvalue weighted by atomic mass is 10.1. The number of esters is 1. The van der Waals surface area contributed by atoms with Crippen LogP contribution in [0.1, 0.15) is 35.8 Å². The van der Waals surface area contributed by atoms with Gasteiger partial charge in [-0.15, -0.1) is 5.10 Å². The van der Waals surface area contributed by atoms with Crippen molar-refractivity contribution in [1.29, 1.82) is 0 Å². The molecule has 9 heteroatoms. The summed E-state index contributed by atoms with van der Waals surface area (Å²) in [6, 6.07) is 12.7. The number of hydrogen-bond acceptors (Lipinski definition) is 6. The van der Waals surface area contributed by atoms with E-state index in [2.05, 4.69) is 5.10 Å². The number of aromatic nitrogens is 1. The maximum atomic E-state index is 13.1. The highest BCUT2D eigenvalue weighted by molar-refractivity contribution is 6.32. The van der Waals surface area contributed by atoms with Gasteiger partial charge >= 0.3 is 11.9 Å². The van der Waals surface area contributed by atoms with Gasteiger partial charge in [-0.05, 0) is 50.3 Å². The Morgan fingerprint density at radius 2 is 1.88 bits per heavy atom. The molecule has 0 saturated heterocycles. The van der Waals surface area contributed by atoms with Crippen LogP contribution in [0.15, 0.2) is 65.4 Å². The molecule has 0 saturated carbocycles. The zero-order valence-corrected chi connectivity index (χ0v) is 18.1. The lowest BCUT2D eigenvalue weighted by Gasteiger charge is -2.13. The molecule has 1 atom stereocenters. The molecule has 1 aliphatic rings. The largest absolute Gasteiger partial charge is 0.478 e. The van der Waals surface area contributed by atoms with E-state index in [1.165, 1.54) is 24.3 Å². The van der Waals surface area contributed by atoms with Crippen LogP contribution in [0.3, 0.4) is 0 Å². The third kappa shape index (κ3) is 3.96. The predicted octanol–water partition coefficient (Wildman–Crippen LogP) is 3.17. The summed E-state index contributed by atoms with van der Waals surface area (Å²) in [5.41, 5.74) is 8.27. The van der Waals surface area contributed by atoms with E-state index in [0.29, 0.717) is 11.3 Å². The molecule has 9 nitrogen and oxygen atoms in total. The summed E-state index contributed by atoms with van der Waals surface area (Å²) >= 11 is 0. The van der Waals surface area contributed by atoms with E-state index in [4.69, 9.17) is 15.6 Å². The second-order valence-electron chi connectivity index (χ2n) is 7.45. The summed E-state index contributed by atoms with van der Waals surface area (Å²) in [5, 5.41) is 15.2. The number of carboxylic acids is 1. The van der Waals surface area contributed by atoms with Crippen molar-refractivity contribution < 1.29 is 24.2 Å². The van der Waals surface area contributed by atoms with Crippen molar-refractivity contribution in [2.45, 2.75) is 19.9 Å². The molecule has 3 aromatic rings.